The van der Waals surface area contributed by atoms with Crippen LogP contribution in [0.1, 0.15) is 18.2 Å². The van der Waals surface area contributed by atoms with Crippen molar-refractivity contribution in [3.63, 3.8) is 0 Å². The van der Waals surface area contributed by atoms with E-state index >= 15 is 0 Å². The molecule has 0 unspecified atom stereocenters. The van der Waals surface area contributed by atoms with Gasteiger partial charge in [-0.05, 0) is 18.9 Å². The molecule has 110 valence electrons. The smallest absolute Gasteiger partial charge is 0.223 e. The fraction of sp³-hybridized carbons (Fsp3) is 0.357. The molecule has 7 heteroatoms. The van der Waals surface area contributed by atoms with E-state index in [1.165, 1.54) is 4.88 Å². The molecule has 3 rings (SSSR count). The molecule has 3 N–H and O–H groups in total. The summed E-state index contributed by atoms with van der Waals surface area (Å²) in [6.07, 6.45) is 7.58. The third-order valence-corrected chi connectivity index (χ3v) is 4.43. The van der Waals surface area contributed by atoms with Gasteiger partial charge in [0.15, 0.2) is 0 Å². The molecule has 0 aliphatic carbocycles. The van der Waals surface area contributed by atoms with Crippen molar-refractivity contribution >= 4 is 33.3 Å². The summed E-state index contributed by atoms with van der Waals surface area (Å²) >= 11 is 1.68. The highest BCUT2D eigenvalue weighted by molar-refractivity contribution is 7.18. The molecule has 0 bridgehead atoms. The SMILES string of the molecule is CCc1cc2c(NCCCn3ccnc3)nc(N)nc2s1. The summed E-state index contributed by atoms with van der Waals surface area (Å²) in [7, 11) is 0. The minimum absolute atomic E-state index is 0.323. The van der Waals surface area contributed by atoms with E-state index in [0.29, 0.717) is 5.95 Å². The maximum Gasteiger partial charge on any atom is 0.223 e. The Hall–Kier alpha value is -2.15. The van der Waals surface area contributed by atoms with Gasteiger partial charge in [-0.1, -0.05) is 6.92 Å². The third kappa shape index (κ3) is 3.13. The number of nitrogens with zero attached hydrogens (tertiary/aromatic N) is 4. The van der Waals surface area contributed by atoms with Crippen LogP contribution < -0.4 is 11.1 Å². The number of nitrogens with two attached hydrogens (primary N) is 1. The van der Waals surface area contributed by atoms with Gasteiger partial charge in [0.05, 0.1) is 11.7 Å². The van der Waals surface area contributed by atoms with Crippen LogP contribution in [-0.4, -0.2) is 26.1 Å². The first-order valence-corrected chi connectivity index (χ1v) is 7.83. The lowest BCUT2D eigenvalue weighted by molar-refractivity contribution is 0.660. The predicted molar refractivity (Wildman–Crippen MR) is 86.5 cm³/mol. The molecule has 0 radical (unpaired) electrons. The lowest BCUT2D eigenvalue weighted by Gasteiger charge is -2.07. The Morgan fingerprint density at radius 3 is 3.05 bits per heavy atom. The van der Waals surface area contributed by atoms with E-state index in [9.17, 15) is 0 Å². The fourth-order valence-electron chi connectivity index (χ4n) is 2.18. The number of anilines is 2. The van der Waals surface area contributed by atoms with Gasteiger partial charge in [0.25, 0.3) is 0 Å². The highest BCUT2D eigenvalue weighted by Crippen LogP contribution is 2.29. The number of aryl methyl sites for hydroxylation is 2. The number of rotatable bonds is 6. The summed E-state index contributed by atoms with van der Waals surface area (Å²) in [6.45, 7) is 3.90. The molecule has 0 aliphatic rings. The van der Waals surface area contributed by atoms with E-state index in [1.54, 1.807) is 17.5 Å². The Morgan fingerprint density at radius 2 is 2.29 bits per heavy atom. The maximum absolute atomic E-state index is 5.79. The van der Waals surface area contributed by atoms with Crippen molar-refractivity contribution in [1.29, 1.82) is 0 Å². The van der Waals surface area contributed by atoms with Crippen LogP contribution in [0.3, 0.4) is 0 Å². The molecule has 3 aromatic heterocycles. The van der Waals surface area contributed by atoms with Crippen LogP contribution in [0.4, 0.5) is 11.8 Å². The van der Waals surface area contributed by atoms with Gasteiger partial charge in [-0.15, -0.1) is 11.3 Å². The van der Waals surface area contributed by atoms with E-state index in [2.05, 4.69) is 37.8 Å². The third-order valence-electron chi connectivity index (χ3n) is 3.25. The second kappa shape index (κ2) is 6.09. The van der Waals surface area contributed by atoms with Gasteiger partial charge < -0.3 is 15.6 Å². The zero-order valence-corrected chi connectivity index (χ0v) is 12.7. The predicted octanol–water partition coefficient (Wildman–Crippen LogP) is 2.53. The average molecular weight is 302 g/mol. The number of thiophene rings is 1. The number of imidazole rings is 1. The zero-order valence-electron chi connectivity index (χ0n) is 11.9. The van der Waals surface area contributed by atoms with E-state index in [0.717, 1.165) is 42.0 Å². The zero-order chi connectivity index (χ0) is 14.7. The van der Waals surface area contributed by atoms with Gasteiger partial charge in [0, 0.05) is 30.4 Å². The summed E-state index contributed by atoms with van der Waals surface area (Å²) in [6, 6.07) is 2.15. The summed E-state index contributed by atoms with van der Waals surface area (Å²) in [5.41, 5.74) is 5.79. The highest BCUT2D eigenvalue weighted by atomic mass is 32.1. The summed E-state index contributed by atoms with van der Waals surface area (Å²) in [5.74, 6) is 1.16. The van der Waals surface area contributed by atoms with Crippen molar-refractivity contribution < 1.29 is 0 Å². The van der Waals surface area contributed by atoms with Crippen molar-refractivity contribution in [2.24, 2.45) is 0 Å². The Bertz CT molecular complexity index is 718. The standard InChI is InChI=1S/C14H18N6S/c1-2-10-8-11-12(18-14(15)19-13(11)21-10)17-4-3-6-20-7-5-16-9-20/h5,7-9H,2-4,6H2,1H3,(H3,15,17,18,19). The number of nitrogens with one attached hydrogen (secondary N) is 1. The molecule has 6 nitrogen and oxygen atoms in total. The van der Waals surface area contributed by atoms with E-state index in [1.807, 2.05) is 12.5 Å². The number of aromatic nitrogens is 4. The van der Waals surface area contributed by atoms with Gasteiger partial charge in [-0.2, -0.15) is 4.98 Å². The lowest BCUT2D eigenvalue weighted by Crippen LogP contribution is -2.08. The van der Waals surface area contributed by atoms with Crippen LogP contribution in [0, 0.1) is 0 Å². The Morgan fingerprint density at radius 1 is 1.38 bits per heavy atom. The van der Waals surface area contributed by atoms with Crippen LogP contribution in [0.25, 0.3) is 10.2 Å². The molecule has 0 aliphatic heterocycles. The van der Waals surface area contributed by atoms with E-state index < -0.39 is 0 Å². The minimum Gasteiger partial charge on any atom is -0.369 e. The number of hydrogen-bond acceptors (Lipinski definition) is 6. The topological polar surface area (TPSA) is 81.7 Å². The number of hydrogen-bond donors (Lipinski definition) is 2. The minimum atomic E-state index is 0.323. The second-order valence-electron chi connectivity index (χ2n) is 4.80. The van der Waals surface area contributed by atoms with E-state index in [-0.39, 0.29) is 0 Å². The average Bonchev–Trinajstić information content (AvgIpc) is 3.11. The molecule has 3 aromatic rings. The molecular formula is C14H18N6S. The van der Waals surface area contributed by atoms with Gasteiger partial charge in [-0.3, -0.25) is 0 Å². The van der Waals surface area contributed by atoms with Crippen LogP contribution in [0.5, 0.6) is 0 Å². The molecule has 0 aromatic carbocycles. The molecule has 0 saturated carbocycles. The normalized spacial score (nSPS) is 11.1. The Kier molecular flexibility index (Phi) is 4.01. The summed E-state index contributed by atoms with van der Waals surface area (Å²) < 4.78 is 2.06. The van der Waals surface area contributed by atoms with Crippen molar-refractivity contribution in [2.45, 2.75) is 26.3 Å². The molecule has 3 heterocycles. The van der Waals surface area contributed by atoms with Crippen LogP contribution in [-0.2, 0) is 13.0 Å². The van der Waals surface area contributed by atoms with Gasteiger partial charge in [-0.25, -0.2) is 9.97 Å². The molecule has 0 spiro atoms. The molecule has 0 atom stereocenters. The summed E-state index contributed by atoms with van der Waals surface area (Å²) in [5, 5.41) is 4.43. The second-order valence-corrected chi connectivity index (χ2v) is 5.91. The van der Waals surface area contributed by atoms with Crippen molar-refractivity contribution in [2.75, 3.05) is 17.6 Å². The van der Waals surface area contributed by atoms with Gasteiger partial charge >= 0.3 is 0 Å². The van der Waals surface area contributed by atoms with Crippen LogP contribution >= 0.6 is 11.3 Å². The van der Waals surface area contributed by atoms with E-state index in [4.69, 9.17) is 5.73 Å². The first-order chi connectivity index (χ1) is 10.3. The monoisotopic (exact) mass is 302 g/mol. The molecule has 0 amide bonds. The Balaban J connectivity index is 1.69. The highest BCUT2D eigenvalue weighted by Gasteiger charge is 2.09. The summed E-state index contributed by atoms with van der Waals surface area (Å²) in [4.78, 5) is 14.9. The number of fused-ring (bicyclic) bond motifs is 1. The first-order valence-electron chi connectivity index (χ1n) is 7.02. The van der Waals surface area contributed by atoms with Crippen molar-refractivity contribution in [3.05, 3.63) is 29.7 Å². The Labute approximate surface area is 127 Å². The van der Waals surface area contributed by atoms with Crippen molar-refractivity contribution in [3.8, 4) is 0 Å². The molecule has 21 heavy (non-hydrogen) atoms. The number of nitrogen functional groups attached to an aromatic ring is 1. The van der Waals surface area contributed by atoms with Crippen LogP contribution in [0.15, 0.2) is 24.8 Å². The molecular weight excluding hydrogens is 284 g/mol. The van der Waals surface area contributed by atoms with Crippen molar-refractivity contribution in [1.82, 2.24) is 19.5 Å². The maximum atomic E-state index is 5.79. The lowest BCUT2D eigenvalue weighted by atomic mass is 10.3. The van der Waals surface area contributed by atoms with Crippen LogP contribution in [0.2, 0.25) is 0 Å². The molecule has 0 saturated heterocycles. The fourth-order valence-corrected chi connectivity index (χ4v) is 3.16. The quantitative estimate of drug-likeness (QED) is 0.684. The van der Waals surface area contributed by atoms with Gasteiger partial charge in [0.1, 0.15) is 10.6 Å². The first kappa shape index (κ1) is 13.8. The molecule has 0 fully saturated rings. The van der Waals surface area contributed by atoms with Gasteiger partial charge in [0.2, 0.25) is 5.95 Å². The largest absolute Gasteiger partial charge is 0.369 e.